The van der Waals surface area contributed by atoms with E-state index < -0.39 is 9.84 Å². The molecule has 2 rings (SSSR count). The van der Waals surface area contributed by atoms with Gasteiger partial charge in [-0.1, -0.05) is 0 Å². The van der Waals surface area contributed by atoms with E-state index in [9.17, 15) is 13.2 Å². The van der Waals surface area contributed by atoms with Crippen LogP contribution in [0.5, 0.6) is 0 Å². The molecular formula is C13H18BrN3O3S. The van der Waals surface area contributed by atoms with Crippen LogP contribution in [-0.4, -0.2) is 43.1 Å². The molecule has 1 saturated heterocycles. The Morgan fingerprint density at radius 1 is 1.38 bits per heavy atom. The van der Waals surface area contributed by atoms with Crippen molar-refractivity contribution < 1.29 is 13.2 Å². The number of rotatable bonds is 6. The topological polar surface area (TPSA) is 93.4 Å². The minimum atomic E-state index is -3.44. The number of amides is 1. The monoisotopic (exact) mass is 375 g/mol. The molecule has 2 heterocycles. The molecule has 1 fully saturated rings. The molecule has 6 nitrogen and oxygen atoms in total. The number of nitrogens with zero attached hydrogens (tertiary/aromatic N) is 2. The highest BCUT2D eigenvalue weighted by molar-refractivity contribution is 9.10. The standard InChI is InChI=1S/C13H18BrN3O3S/c14-10-8-11(13(15)16-9-10)21(19,20)7-2-1-5-17-6-3-4-12(17)18/h8-9H,1-7H2,(H2,15,16). The lowest BCUT2D eigenvalue weighted by Crippen LogP contribution is -2.26. The Kier molecular flexibility index (Phi) is 5.21. The summed E-state index contributed by atoms with van der Waals surface area (Å²) in [6, 6.07) is 1.47. The number of likely N-dealkylation sites (tertiary alicyclic amines) is 1. The fourth-order valence-electron chi connectivity index (χ4n) is 2.33. The van der Waals surface area contributed by atoms with Gasteiger partial charge in [0.2, 0.25) is 5.91 Å². The van der Waals surface area contributed by atoms with E-state index in [1.54, 1.807) is 4.90 Å². The molecule has 0 atom stereocenters. The third-order valence-corrected chi connectivity index (χ3v) is 5.70. The minimum absolute atomic E-state index is 0.0113. The van der Waals surface area contributed by atoms with Gasteiger partial charge in [-0.05, 0) is 41.3 Å². The van der Waals surface area contributed by atoms with Crippen LogP contribution in [0.3, 0.4) is 0 Å². The normalized spacial score (nSPS) is 15.7. The zero-order valence-electron chi connectivity index (χ0n) is 11.6. The Morgan fingerprint density at radius 2 is 2.14 bits per heavy atom. The summed E-state index contributed by atoms with van der Waals surface area (Å²) in [5.41, 5.74) is 5.63. The van der Waals surface area contributed by atoms with E-state index in [0.29, 0.717) is 30.3 Å². The maximum atomic E-state index is 12.2. The van der Waals surface area contributed by atoms with Gasteiger partial charge < -0.3 is 10.6 Å². The summed E-state index contributed by atoms with van der Waals surface area (Å²) in [7, 11) is -3.44. The molecule has 0 radical (unpaired) electrons. The second-order valence-electron chi connectivity index (χ2n) is 5.05. The van der Waals surface area contributed by atoms with Gasteiger partial charge in [0.05, 0.1) is 5.75 Å². The van der Waals surface area contributed by atoms with Crippen LogP contribution in [0.1, 0.15) is 25.7 Å². The molecule has 1 aromatic rings. The highest BCUT2D eigenvalue weighted by Crippen LogP contribution is 2.22. The Hall–Kier alpha value is -1.15. The predicted molar refractivity (Wildman–Crippen MR) is 83.5 cm³/mol. The van der Waals surface area contributed by atoms with Crippen molar-refractivity contribution in [1.29, 1.82) is 0 Å². The smallest absolute Gasteiger partial charge is 0.222 e. The minimum Gasteiger partial charge on any atom is -0.383 e. The number of pyridine rings is 1. The van der Waals surface area contributed by atoms with Crippen LogP contribution in [0.15, 0.2) is 21.6 Å². The van der Waals surface area contributed by atoms with Crippen molar-refractivity contribution in [3.8, 4) is 0 Å². The number of carbonyl (C=O) groups is 1. The maximum absolute atomic E-state index is 12.2. The van der Waals surface area contributed by atoms with Crippen molar-refractivity contribution in [1.82, 2.24) is 9.88 Å². The highest BCUT2D eigenvalue weighted by Gasteiger charge is 2.21. The number of nitrogen functional groups attached to an aromatic ring is 1. The van der Waals surface area contributed by atoms with Gasteiger partial charge in [-0.15, -0.1) is 0 Å². The largest absolute Gasteiger partial charge is 0.383 e. The van der Waals surface area contributed by atoms with Crippen molar-refractivity contribution in [2.75, 3.05) is 24.6 Å². The second-order valence-corrected chi connectivity index (χ2v) is 8.04. The fourth-order valence-corrected chi connectivity index (χ4v) is 4.29. The number of hydrogen-bond acceptors (Lipinski definition) is 5. The van der Waals surface area contributed by atoms with E-state index in [1.165, 1.54) is 12.3 Å². The predicted octanol–water partition coefficient (Wildman–Crippen LogP) is 1.60. The first kappa shape index (κ1) is 16.2. The third kappa shape index (κ3) is 4.16. The second kappa shape index (κ2) is 6.74. The molecule has 1 aromatic heterocycles. The van der Waals surface area contributed by atoms with Gasteiger partial charge in [0.25, 0.3) is 0 Å². The average molecular weight is 376 g/mol. The van der Waals surface area contributed by atoms with Crippen LogP contribution in [0.4, 0.5) is 5.82 Å². The summed E-state index contributed by atoms with van der Waals surface area (Å²) in [4.78, 5) is 17.1. The summed E-state index contributed by atoms with van der Waals surface area (Å²) in [5.74, 6) is 0.198. The van der Waals surface area contributed by atoms with Crippen LogP contribution < -0.4 is 5.73 Å². The maximum Gasteiger partial charge on any atom is 0.222 e. The van der Waals surface area contributed by atoms with Crippen molar-refractivity contribution in [2.24, 2.45) is 0 Å². The van der Waals surface area contributed by atoms with Gasteiger partial charge in [0.15, 0.2) is 9.84 Å². The number of unbranched alkanes of at least 4 members (excludes halogenated alkanes) is 1. The van der Waals surface area contributed by atoms with Crippen molar-refractivity contribution >= 4 is 37.5 Å². The van der Waals surface area contributed by atoms with Gasteiger partial charge in [0, 0.05) is 30.2 Å². The molecule has 1 aliphatic rings. The van der Waals surface area contributed by atoms with Crippen LogP contribution in [-0.2, 0) is 14.6 Å². The van der Waals surface area contributed by atoms with E-state index in [4.69, 9.17) is 5.73 Å². The summed E-state index contributed by atoms with van der Waals surface area (Å²) in [5, 5.41) is 0. The number of sulfone groups is 1. The van der Waals surface area contributed by atoms with Gasteiger partial charge in [-0.3, -0.25) is 4.79 Å². The van der Waals surface area contributed by atoms with Gasteiger partial charge in [-0.2, -0.15) is 0 Å². The Bertz CT molecular complexity index is 634. The zero-order valence-corrected chi connectivity index (χ0v) is 14.0. The molecule has 1 aliphatic heterocycles. The lowest BCUT2D eigenvalue weighted by atomic mass is 10.3. The molecule has 116 valence electrons. The van der Waals surface area contributed by atoms with Crippen molar-refractivity contribution in [3.05, 3.63) is 16.7 Å². The van der Waals surface area contributed by atoms with E-state index in [-0.39, 0.29) is 22.4 Å². The van der Waals surface area contributed by atoms with Gasteiger partial charge >= 0.3 is 0 Å². The Morgan fingerprint density at radius 3 is 2.81 bits per heavy atom. The lowest BCUT2D eigenvalue weighted by molar-refractivity contribution is -0.127. The number of anilines is 1. The number of carbonyl (C=O) groups excluding carboxylic acids is 1. The molecule has 0 aromatic carbocycles. The molecule has 21 heavy (non-hydrogen) atoms. The SMILES string of the molecule is Nc1ncc(Br)cc1S(=O)(=O)CCCCN1CCCC1=O. The molecule has 2 N–H and O–H groups in total. The first-order chi connectivity index (χ1) is 9.90. The van der Waals surface area contributed by atoms with Gasteiger partial charge in [-0.25, -0.2) is 13.4 Å². The molecule has 0 bridgehead atoms. The van der Waals surface area contributed by atoms with E-state index >= 15 is 0 Å². The molecule has 1 amide bonds. The van der Waals surface area contributed by atoms with Crippen molar-refractivity contribution in [2.45, 2.75) is 30.6 Å². The third-order valence-electron chi connectivity index (χ3n) is 3.45. The molecular weight excluding hydrogens is 358 g/mol. The van der Waals surface area contributed by atoms with E-state index in [2.05, 4.69) is 20.9 Å². The highest BCUT2D eigenvalue weighted by atomic mass is 79.9. The van der Waals surface area contributed by atoms with Crippen LogP contribution in [0, 0.1) is 0 Å². The lowest BCUT2D eigenvalue weighted by Gasteiger charge is -2.15. The zero-order chi connectivity index (χ0) is 15.5. The molecule has 8 heteroatoms. The van der Waals surface area contributed by atoms with E-state index in [0.717, 1.165) is 13.0 Å². The number of hydrogen-bond donors (Lipinski definition) is 1. The summed E-state index contributed by atoms with van der Waals surface area (Å²) in [6.07, 6.45) is 4.15. The summed E-state index contributed by atoms with van der Waals surface area (Å²) in [6.45, 7) is 1.41. The number of aromatic nitrogens is 1. The molecule has 0 aliphatic carbocycles. The van der Waals surface area contributed by atoms with Gasteiger partial charge in [0.1, 0.15) is 10.7 Å². The fraction of sp³-hybridized carbons (Fsp3) is 0.538. The van der Waals surface area contributed by atoms with Crippen LogP contribution in [0.25, 0.3) is 0 Å². The molecule has 0 saturated carbocycles. The Balaban J connectivity index is 1.89. The van der Waals surface area contributed by atoms with Crippen molar-refractivity contribution in [3.63, 3.8) is 0 Å². The molecule has 0 spiro atoms. The summed E-state index contributed by atoms with van der Waals surface area (Å²) >= 11 is 3.20. The quantitative estimate of drug-likeness (QED) is 0.762. The average Bonchev–Trinajstić information content (AvgIpc) is 2.83. The first-order valence-corrected chi connectivity index (χ1v) is 9.26. The van der Waals surface area contributed by atoms with Crippen LogP contribution in [0.2, 0.25) is 0 Å². The Labute approximate surface area is 132 Å². The number of nitrogens with two attached hydrogens (primary N) is 1. The van der Waals surface area contributed by atoms with E-state index in [1.807, 2.05) is 0 Å². The summed E-state index contributed by atoms with van der Waals surface area (Å²) < 4.78 is 25.1. The van der Waals surface area contributed by atoms with Crippen LogP contribution >= 0.6 is 15.9 Å². The number of halogens is 1. The first-order valence-electron chi connectivity index (χ1n) is 6.82. The molecule has 0 unspecified atom stereocenters.